The van der Waals surface area contributed by atoms with Gasteiger partial charge in [0.05, 0.1) is 17.1 Å². The lowest BCUT2D eigenvalue weighted by molar-refractivity contribution is 0.0904. The zero-order valence-electron chi connectivity index (χ0n) is 20.8. The summed E-state index contributed by atoms with van der Waals surface area (Å²) in [5.74, 6) is 1.60. The second kappa shape index (κ2) is 10.2. The summed E-state index contributed by atoms with van der Waals surface area (Å²) in [5, 5.41) is 9.33. The van der Waals surface area contributed by atoms with E-state index in [9.17, 15) is 0 Å². The van der Waals surface area contributed by atoms with Crippen LogP contribution in [0.15, 0.2) is 30.5 Å². The minimum absolute atomic E-state index is 0.173. The third-order valence-corrected chi connectivity index (χ3v) is 6.16. The summed E-state index contributed by atoms with van der Waals surface area (Å²) in [6.45, 7) is 12.3. The maximum Gasteiger partial charge on any atom is 0.164 e. The molecule has 2 aromatic heterocycles. The number of unbranched alkanes of at least 4 members (excludes halogenated alkanes) is 1. The van der Waals surface area contributed by atoms with Gasteiger partial charge in [-0.1, -0.05) is 31.5 Å². The number of fused-ring (bicyclic) bond motifs is 1. The van der Waals surface area contributed by atoms with Gasteiger partial charge in [0.25, 0.3) is 0 Å². The smallest absolute Gasteiger partial charge is 0.164 e. The molecular weight excluding hydrogens is 412 g/mol. The molecule has 0 bridgehead atoms. The van der Waals surface area contributed by atoms with Crippen molar-refractivity contribution in [2.45, 2.75) is 71.5 Å². The van der Waals surface area contributed by atoms with Crippen LogP contribution < -0.4 is 5.32 Å². The number of rotatable bonds is 8. The summed E-state index contributed by atoms with van der Waals surface area (Å²) < 4.78 is 7.55. The number of hydrogen-bond acceptors (Lipinski definition) is 6. The largest absolute Gasteiger partial charge is 0.381 e. The molecule has 1 aromatic carbocycles. The van der Waals surface area contributed by atoms with Crippen molar-refractivity contribution >= 4 is 16.9 Å². The number of hydrogen-bond donors (Lipinski definition) is 1. The molecule has 178 valence electrons. The Morgan fingerprint density at radius 1 is 1.18 bits per heavy atom. The Hall–Kier alpha value is -2.51. The lowest BCUT2D eigenvalue weighted by atomic mass is 10.1. The zero-order valence-corrected chi connectivity index (χ0v) is 20.8. The molecule has 1 aliphatic heterocycles. The van der Waals surface area contributed by atoms with E-state index in [4.69, 9.17) is 14.7 Å². The second-order valence-electron chi connectivity index (χ2n) is 10.2. The van der Waals surface area contributed by atoms with Crippen molar-refractivity contribution in [1.82, 2.24) is 24.6 Å². The van der Waals surface area contributed by atoms with Crippen LogP contribution in [-0.4, -0.2) is 57.5 Å². The predicted molar refractivity (Wildman–Crippen MR) is 134 cm³/mol. The van der Waals surface area contributed by atoms with Gasteiger partial charge in [0.1, 0.15) is 5.82 Å². The first kappa shape index (κ1) is 23.6. The third-order valence-electron chi connectivity index (χ3n) is 6.16. The van der Waals surface area contributed by atoms with Crippen LogP contribution >= 0.6 is 0 Å². The maximum atomic E-state index is 5.54. The quantitative estimate of drug-likeness (QED) is 0.517. The molecule has 7 heteroatoms. The molecule has 7 nitrogen and oxygen atoms in total. The van der Waals surface area contributed by atoms with Gasteiger partial charge in [0.15, 0.2) is 11.5 Å². The minimum atomic E-state index is -0.173. The molecule has 0 radical (unpaired) electrons. The Kier molecular flexibility index (Phi) is 7.29. The fourth-order valence-corrected chi connectivity index (χ4v) is 4.30. The Bertz CT molecular complexity index is 1060. The van der Waals surface area contributed by atoms with Crippen molar-refractivity contribution < 1.29 is 4.74 Å². The zero-order chi connectivity index (χ0) is 23.4. The van der Waals surface area contributed by atoms with Crippen molar-refractivity contribution in [2.24, 2.45) is 0 Å². The van der Waals surface area contributed by atoms with E-state index in [0.717, 1.165) is 67.4 Å². The van der Waals surface area contributed by atoms with Crippen molar-refractivity contribution in [3.63, 3.8) is 0 Å². The number of nitrogens with zero attached hydrogens (tertiary/aromatic N) is 5. The van der Waals surface area contributed by atoms with Crippen molar-refractivity contribution in [2.75, 3.05) is 32.1 Å². The molecule has 0 aliphatic carbocycles. The third kappa shape index (κ3) is 5.71. The molecular formula is C26H38N6O. The fourth-order valence-electron chi connectivity index (χ4n) is 4.30. The van der Waals surface area contributed by atoms with Gasteiger partial charge < -0.3 is 15.0 Å². The molecule has 0 saturated carbocycles. The first-order chi connectivity index (χ1) is 15.8. The topological polar surface area (TPSA) is 68.1 Å². The summed E-state index contributed by atoms with van der Waals surface area (Å²) in [7, 11) is 2.18. The van der Waals surface area contributed by atoms with Crippen LogP contribution in [-0.2, 0) is 16.8 Å². The molecule has 3 heterocycles. The van der Waals surface area contributed by atoms with Gasteiger partial charge in [0.2, 0.25) is 0 Å². The fraction of sp³-hybridized carbons (Fsp3) is 0.577. The average Bonchev–Trinajstić information content (AvgIpc) is 3.24. The summed E-state index contributed by atoms with van der Waals surface area (Å²) >= 11 is 0. The highest BCUT2D eigenvalue weighted by atomic mass is 16.5. The van der Waals surface area contributed by atoms with Crippen LogP contribution in [0.5, 0.6) is 0 Å². The monoisotopic (exact) mass is 450 g/mol. The Labute approximate surface area is 197 Å². The van der Waals surface area contributed by atoms with Gasteiger partial charge in [-0.25, -0.2) is 14.6 Å². The highest BCUT2D eigenvalue weighted by Gasteiger charge is 2.23. The van der Waals surface area contributed by atoms with Gasteiger partial charge >= 0.3 is 0 Å². The minimum Gasteiger partial charge on any atom is -0.381 e. The molecule has 0 spiro atoms. The summed E-state index contributed by atoms with van der Waals surface area (Å²) in [6, 6.07) is 8.97. The molecule has 0 amide bonds. The summed E-state index contributed by atoms with van der Waals surface area (Å²) in [6.07, 6.45) is 6.28. The molecule has 33 heavy (non-hydrogen) atoms. The number of benzene rings is 1. The van der Waals surface area contributed by atoms with Crippen LogP contribution in [0.2, 0.25) is 0 Å². The SMILES string of the molecule is CCCCN(C)Cc1cccc(-c2nc(NC3CCOCC3)c3cnn(C(C)(C)C)c3n2)c1. The number of aromatic nitrogens is 4. The Morgan fingerprint density at radius 2 is 1.97 bits per heavy atom. The van der Waals surface area contributed by atoms with Crippen molar-refractivity contribution in [1.29, 1.82) is 0 Å². The maximum absolute atomic E-state index is 5.54. The second-order valence-corrected chi connectivity index (χ2v) is 10.2. The van der Waals surface area contributed by atoms with Gasteiger partial charge in [-0.05, 0) is 65.3 Å². The van der Waals surface area contributed by atoms with Crippen LogP contribution in [0.25, 0.3) is 22.4 Å². The van der Waals surface area contributed by atoms with E-state index >= 15 is 0 Å². The summed E-state index contributed by atoms with van der Waals surface area (Å²) in [4.78, 5) is 12.4. The van der Waals surface area contributed by atoms with Crippen LogP contribution in [0, 0.1) is 0 Å². The highest BCUT2D eigenvalue weighted by molar-refractivity contribution is 5.88. The van der Waals surface area contributed by atoms with Crippen molar-refractivity contribution in [3.05, 3.63) is 36.0 Å². The molecule has 1 saturated heterocycles. The highest BCUT2D eigenvalue weighted by Crippen LogP contribution is 2.29. The van der Waals surface area contributed by atoms with Crippen LogP contribution in [0.3, 0.4) is 0 Å². The summed E-state index contributed by atoms with van der Waals surface area (Å²) in [5.41, 5.74) is 3.01. The van der Waals surface area contributed by atoms with E-state index < -0.39 is 0 Å². The molecule has 1 N–H and O–H groups in total. The van der Waals surface area contributed by atoms with Crippen LogP contribution in [0.4, 0.5) is 5.82 Å². The average molecular weight is 451 g/mol. The molecule has 4 rings (SSSR count). The molecule has 0 atom stereocenters. The number of anilines is 1. The van der Waals surface area contributed by atoms with Gasteiger partial charge in [0, 0.05) is 31.4 Å². The molecule has 3 aromatic rings. The first-order valence-corrected chi connectivity index (χ1v) is 12.2. The van der Waals surface area contributed by atoms with E-state index in [0.29, 0.717) is 6.04 Å². The van der Waals surface area contributed by atoms with Crippen molar-refractivity contribution in [3.8, 4) is 11.4 Å². The number of nitrogens with one attached hydrogen (secondary N) is 1. The molecule has 1 aliphatic rings. The van der Waals surface area contributed by atoms with E-state index in [-0.39, 0.29) is 5.54 Å². The first-order valence-electron chi connectivity index (χ1n) is 12.2. The van der Waals surface area contributed by atoms with E-state index in [1.54, 1.807) is 0 Å². The Morgan fingerprint density at radius 3 is 2.70 bits per heavy atom. The standard InChI is InChI=1S/C26H38N6O/c1-6-7-13-31(5)18-19-9-8-10-20(16-19)23-29-24(28-21-11-14-33-15-12-21)22-17-27-32(25(22)30-23)26(2,3)4/h8-10,16-17,21H,6-7,11-15,18H2,1-5H3,(H,28,29,30). The predicted octanol–water partition coefficient (Wildman–Crippen LogP) is 5.07. The van der Waals surface area contributed by atoms with E-state index in [1.165, 1.54) is 18.4 Å². The van der Waals surface area contributed by atoms with E-state index in [1.807, 2.05) is 10.9 Å². The van der Waals surface area contributed by atoms with Gasteiger partial charge in [-0.2, -0.15) is 5.10 Å². The lowest BCUT2D eigenvalue weighted by Gasteiger charge is -2.24. The normalized spacial score (nSPS) is 15.5. The van der Waals surface area contributed by atoms with Crippen LogP contribution in [0.1, 0.15) is 58.9 Å². The van der Waals surface area contributed by atoms with E-state index in [2.05, 4.69) is 74.3 Å². The Balaban J connectivity index is 1.71. The molecule has 1 fully saturated rings. The van der Waals surface area contributed by atoms with Gasteiger partial charge in [-0.3, -0.25) is 0 Å². The lowest BCUT2D eigenvalue weighted by Crippen LogP contribution is -2.28. The van der Waals surface area contributed by atoms with Gasteiger partial charge in [-0.15, -0.1) is 0 Å². The number of ether oxygens (including phenoxy) is 1. The molecule has 0 unspecified atom stereocenters.